The van der Waals surface area contributed by atoms with Crippen molar-refractivity contribution < 1.29 is 0 Å². The Balaban J connectivity index is 2.04. The van der Waals surface area contributed by atoms with E-state index in [0.717, 1.165) is 31.5 Å². The quantitative estimate of drug-likeness (QED) is 0.666. The Morgan fingerprint density at radius 2 is 2.00 bits per heavy atom. The molecule has 0 radical (unpaired) electrons. The minimum atomic E-state index is 0.409. The Kier molecular flexibility index (Phi) is 4.02. The van der Waals surface area contributed by atoms with Crippen LogP contribution in [0.1, 0.15) is 11.1 Å². The highest BCUT2D eigenvalue weighted by Gasteiger charge is 2.07. The normalized spacial score (nSPS) is 11.0. The molecule has 0 saturated carbocycles. The minimum Gasteiger partial charge on any atom is -0.389 e. The molecule has 0 aliphatic carbocycles. The summed E-state index contributed by atoms with van der Waals surface area (Å²) in [6.45, 7) is 0.705. The third-order valence-corrected chi connectivity index (χ3v) is 4.50. The molecular weight excluding hydrogens is 368 g/mol. The number of thiocarbonyl (C=S) groups is 1. The molecule has 1 heterocycles. The van der Waals surface area contributed by atoms with Crippen molar-refractivity contribution >= 4 is 55.6 Å². The van der Waals surface area contributed by atoms with Gasteiger partial charge in [-0.05, 0) is 35.2 Å². The van der Waals surface area contributed by atoms with Crippen LogP contribution in [0.25, 0.3) is 10.9 Å². The molecule has 3 aromatic rings. The second-order valence-corrected chi connectivity index (χ2v) is 6.58. The summed E-state index contributed by atoms with van der Waals surface area (Å²) in [5.74, 6) is 0. The fourth-order valence-electron chi connectivity index (χ4n) is 2.31. The largest absolute Gasteiger partial charge is 0.389 e. The number of rotatable bonds is 3. The molecule has 0 fully saturated rings. The first kappa shape index (κ1) is 14.6. The van der Waals surface area contributed by atoms with Gasteiger partial charge in [0.25, 0.3) is 0 Å². The van der Waals surface area contributed by atoms with Gasteiger partial charge in [0.2, 0.25) is 0 Å². The van der Waals surface area contributed by atoms with Crippen molar-refractivity contribution in [3.05, 3.63) is 69.3 Å². The number of fused-ring (bicyclic) bond motifs is 1. The first-order chi connectivity index (χ1) is 10.0. The van der Waals surface area contributed by atoms with Gasteiger partial charge in [0.05, 0.1) is 0 Å². The number of aromatic nitrogens is 1. The smallest absolute Gasteiger partial charge is 0.104 e. The van der Waals surface area contributed by atoms with Crippen LogP contribution in [0.15, 0.2) is 53.1 Å². The summed E-state index contributed by atoms with van der Waals surface area (Å²) in [6, 6.07) is 14.0. The molecule has 2 N–H and O–H groups in total. The summed E-state index contributed by atoms with van der Waals surface area (Å²) in [7, 11) is 0. The van der Waals surface area contributed by atoms with Crippen molar-refractivity contribution in [2.75, 3.05) is 0 Å². The number of nitrogens with zero attached hydrogens (tertiary/aromatic N) is 1. The first-order valence-electron chi connectivity index (χ1n) is 6.37. The zero-order valence-corrected chi connectivity index (χ0v) is 14.2. The zero-order chi connectivity index (χ0) is 15.0. The second-order valence-electron chi connectivity index (χ2n) is 4.82. The summed E-state index contributed by atoms with van der Waals surface area (Å²) in [5.41, 5.74) is 8.75. The molecule has 0 saturated heterocycles. The van der Waals surface area contributed by atoms with E-state index in [1.165, 1.54) is 0 Å². The van der Waals surface area contributed by atoms with Crippen LogP contribution in [0.2, 0.25) is 5.02 Å². The van der Waals surface area contributed by atoms with Gasteiger partial charge >= 0.3 is 0 Å². The predicted molar refractivity (Wildman–Crippen MR) is 96.1 cm³/mol. The molecule has 0 aliphatic rings. The Morgan fingerprint density at radius 1 is 1.19 bits per heavy atom. The molecule has 2 nitrogen and oxygen atoms in total. The molecule has 2 aromatic carbocycles. The summed E-state index contributed by atoms with van der Waals surface area (Å²) >= 11 is 14.8. The van der Waals surface area contributed by atoms with Gasteiger partial charge in [-0.3, -0.25) is 0 Å². The van der Waals surface area contributed by atoms with Crippen molar-refractivity contribution in [3.63, 3.8) is 0 Å². The third kappa shape index (κ3) is 2.98. The van der Waals surface area contributed by atoms with Crippen LogP contribution in [-0.2, 0) is 6.54 Å². The highest BCUT2D eigenvalue weighted by molar-refractivity contribution is 9.10. The van der Waals surface area contributed by atoms with E-state index in [1.807, 2.05) is 42.6 Å². The number of hydrogen-bond acceptors (Lipinski definition) is 1. The third-order valence-electron chi connectivity index (χ3n) is 3.41. The van der Waals surface area contributed by atoms with Gasteiger partial charge < -0.3 is 10.3 Å². The highest BCUT2D eigenvalue weighted by atomic mass is 79.9. The van der Waals surface area contributed by atoms with Gasteiger partial charge in [-0.2, -0.15) is 0 Å². The van der Waals surface area contributed by atoms with Crippen LogP contribution in [0.3, 0.4) is 0 Å². The van der Waals surface area contributed by atoms with Crippen molar-refractivity contribution in [1.29, 1.82) is 0 Å². The summed E-state index contributed by atoms with van der Waals surface area (Å²) in [6.07, 6.45) is 2.05. The van der Waals surface area contributed by atoms with Crippen LogP contribution < -0.4 is 5.73 Å². The number of halogens is 2. The molecule has 0 bridgehead atoms. The maximum absolute atomic E-state index is 6.30. The monoisotopic (exact) mass is 378 g/mol. The SMILES string of the molecule is NC(=S)c1ccc2ccn(Cc3ccc(Br)cc3Cl)c2c1. The van der Waals surface area contributed by atoms with E-state index in [2.05, 4.69) is 26.6 Å². The Labute approximate surface area is 141 Å². The lowest BCUT2D eigenvalue weighted by atomic mass is 10.1. The van der Waals surface area contributed by atoms with Crippen molar-refractivity contribution in [2.45, 2.75) is 6.54 Å². The van der Waals surface area contributed by atoms with Gasteiger partial charge in [0, 0.05) is 33.3 Å². The number of nitrogens with two attached hydrogens (primary N) is 1. The van der Waals surface area contributed by atoms with E-state index in [-0.39, 0.29) is 0 Å². The lowest BCUT2D eigenvalue weighted by Crippen LogP contribution is -2.09. The maximum atomic E-state index is 6.30. The van der Waals surface area contributed by atoms with E-state index in [0.29, 0.717) is 11.5 Å². The van der Waals surface area contributed by atoms with Gasteiger partial charge in [0.1, 0.15) is 4.99 Å². The van der Waals surface area contributed by atoms with E-state index >= 15 is 0 Å². The molecule has 0 amide bonds. The van der Waals surface area contributed by atoms with Crippen LogP contribution in [-0.4, -0.2) is 9.56 Å². The second kappa shape index (κ2) is 5.79. The van der Waals surface area contributed by atoms with E-state index in [4.69, 9.17) is 29.6 Å². The maximum Gasteiger partial charge on any atom is 0.104 e. The predicted octanol–water partition coefficient (Wildman–Crippen LogP) is 4.74. The van der Waals surface area contributed by atoms with Gasteiger partial charge in [-0.15, -0.1) is 0 Å². The van der Waals surface area contributed by atoms with Gasteiger partial charge in [-0.1, -0.05) is 57.9 Å². The molecule has 0 aliphatic heterocycles. The van der Waals surface area contributed by atoms with Crippen LogP contribution in [0.5, 0.6) is 0 Å². The lowest BCUT2D eigenvalue weighted by Gasteiger charge is -2.09. The Bertz CT molecular complexity index is 841. The molecule has 0 spiro atoms. The molecule has 21 heavy (non-hydrogen) atoms. The van der Waals surface area contributed by atoms with E-state index in [9.17, 15) is 0 Å². The van der Waals surface area contributed by atoms with Gasteiger partial charge in [0.15, 0.2) is 0 Å². The van der Waals surface area contributed by atoms with Gasteiger partial charge in [-0.25, -0.2) is 0 Å². The lowest BCUT2D eigenvalue weighted by molar-refractivity contribution is 0.837. The molecule has 3 rings (SSSR count). The van der Waals surface area contributed by atoms with Crippen molar-refractivity contribution in [3.8, 4) is 0 Å². The van der Waals surface area contributed by atoms with Crippen LogP contribution in [0, 0.1) is 0 Å². The molecule has 5 heteroatoms. The Hall–Kier alpha value is -1.36. The average molecular weight is 380 g/mol. The molecule has 106 valence electrons. The van der Waals surface area contributed by atoms with Crippen molar-refractivity contribution in [2.24, 2.45) is 5.73 Å². The molecular formula is C16H12BrClN2S. The summed E-state index contributed by atoms with van der Waals surface area (Å²) in [5, 5.41) is 1.90. The summed E-state index contributed by atoms with van der Waals surface area (Å²) < 4.78 is 3.12. The summed E-state index contributed by atoms with van der Waals surface area (Å²) in [4.78, 5) is 0.409. The van der Waals surface area contributed by atoms with Crippen molar-refractivity contribution in [1.82, 2.24) is 4.57 Å². The first-order valence-corrected chi connectivity index (χ1v) is 7.95. The fraction of sp³-hybridized carbons (Fsp3) is 0.0625. The average Bonchev–Trinajstić information content (AvgIpc) is 2.84. The molecule has 1 aromatic heterocycles. The zero-order valence-electron chi connectivity index (χ0n) is 11.0. The van der Waals surface area contributed by atoms with Crippen LogP contribution in [0.4, 0.5) is 0 Å². The standard InChI is InChI=1S/C16H12BrClN2S/c17-13-4-3-12(14(18)8-13)9-20-6-5-10-1-2-11(16(19)21)7-15(10)20/h1-8H,9H2,(H2,19,21). The van der Waals surface area contributed by atoms with E-state index < -0.39 is 0 Å². The number of benzene rings is 2. The molecule has 0 atom stereocenters. The topological polar surface area (TPSA) is 30.9 Å². The fourth-order valence-corrected chi connectivity index (χ4v) is 3.17. The van der Waals surface area contributed by atoms with Crippen LogP contribution >= 0.6 is 39.7 Å². The number of hydrogen-bond donors (Lipinski definition) is 1. The highest BCUT2D eigenvalue weighted by Crippen LogP contribution is 2.24. The minimum absolute atomic E-state index is 0.409. The molecule has 0 unspecified atom stereocenters. The van der Waals surface area contributed by atoms with E-state index in [1.54, 1.807) is 0 Å². The Morgan fingerprint density at radius 3 is 2.71 bits per heavy atom.